The second-order valence-electron chi connectivity index (χ2n) is 4.25. The lowest BCUT2D eigenvalue weighted by Crippen LogP contribution is -2.07. The molecule has 0 unspecified atom stereocenters. The topological polar surface area (TPSA) is 29.9 Å². The van der Waals surface area contributed by atoms with Gasteiger partial charge in [0.1, 0.15) is 0 Å². The van der Waals surface area contributed by atoms with Gasteiger partial charge in [-0.1, -0.05) is 23.8 Å². The second kappa shape index (κ2) is 5.69. The molecule has 0 radical (unpaired) electrons. The Kier molecular flexibility index (Phi) is 4.22. The van der Waals surface area contributed by atoms with E-state index in [2.05, 4.69) is 11.6 Å². The van der Waals surface area contributed by atoms with Gasteiger partial charge in [-0.05, 0) is 37.3 Å². The Morgan fingerprint density at radius 3 is 3.06 bits per heavy atom. The fraction of sp³-hybridized carbons (Fsp3) is 0.308. The third-order valence-electron chi connectivity index (χ3n) is 2.54. The zero-order valence-electron chi connectivity index (χ0n) is 10.2. The average Bonchev–Trinajstić information content (AvgIpc) is 2.59. The van der Waals surface area contributed by atoms with E-state index in [1.165, 1.54) is 0 Å². The molecule has 1 N–H and O–H groups in total. The number of hydrogen-bond acceptors (Lipinski definition) is 2. The van der Waals surface area contributed by atoms with Crippen LogP contribution in [0.25, 0.3) is 11.0 Å². The van der Waals surface area contributed by atoms with Crippen molar-refractivity contribution in [1.29, 1.82) is 0 Å². The number of benzene rings is 1. The molecular formula is C13H15ClN2OS. The third kappa shape index (κ3) is 3.02. The third-order valence-corrected chi connectivity index (χ3v) is 3.10. The highest BCUT2D eigenvalue weighted by Crippen LogP contribution is 2.18. The summed E-state index contributed by atoms with van der Waals surface area (Å²) < 4.78 is 8.19. The van der Waals surface area contributed by atoms with E-state index in [1.807, 2.05) is 29.7 Å². The zero-order valence-corrected chi connectivity index (χ0v) is 11.8. The molecule has 0 atom stereocenters. The van der Waals surface area contributed by atoms with Crippen molar-refractivity contribution in [2.24, 2.45) is 0 Å². The van der Waals surface area contributed by atoms with Gasteiger partial charge < -0.3 is 14.3 Å². The molecule has 3 nitrogen and oxygen atoms in total. The molecular weight excluding hydrogens is 268 g/mol. The van der Waals surface area contributed by atoms with Crippen molar-refractivity contribution in [3.05, 3.63) is 40.1 Å². The molecule has 2 aromatic rings. The number of H-pyrrole nitrogens is 1. The number of halogens is 1. The minimum Gasteiger partial charge on any atom is -0.375 e. The van der Waals surface area contributed by atoms with Gasteiger partial charge in [-0.15, -0.1) is 0 Å². The summed E-state index contributed by atoms with van der Waals surface area (Å²) in [4.78, 5) is 3.14. The van der Waals surface area contributed by atoms with Gasteiger partial charge in [0, 0.05) is 11.6 Å². The largest absolute Gasteiger partial charge is 0.375 e. The van der Waals surface area contributed by atoms with Crippen LogP contribution in [0, 0.1) is 4.77 Å². The highest BCUT2D eigenvalue weighted by molar-refractivity contribution is 7.71. The first-order chi connectivity index (χ1) is 8.58. The molecule has 18 heavy (non-hydrogen) atoms. The highest BCUT2D eigenvalue weighted by Gasteiger charge is 2.04. The van der Waals surface area contributed by atoms with Crippen LogP contribution >= 0.6 is 23.8 Å². The van der Waals surface area contributed by atoms with Crippen molar-refractivity contribution in [3.8, 4) is 0 Å². The number of ether oxygens (including phenoxy) is 1. The second-order valence-corrected chi connectivity index (χ2v) is 5.08. The van der Waals surface area contributed by atoms with Gasteiger partial charge >= 0.3 is 0 Å². The van der Waals surface area contributed by atoms with E-state index in [9.17, 15) is 0 Å². The summed E-state index contributed by atoms with van der Waals surface area (Å²) >= 11 is 11.2. The summed E-state index contributed by atoms with van der Waals surface area (Å²) in [7, 11) is 0. The van der Waals surface area contributed by atoms with Crippen LogP contribution in [0.5, 0.6) is 0 Å². The molecule has 0 saturated heterocycles. The molecule has 0 saturated carbocycles. The molecule has 2 rings (SSSR count). The van der Waals surface area contributed by atoms with Crippen molar-refractivity contribution in [2.75, 3.05) is 13.2 Å². The van der Waals surface area contributed by atoms with Gasteiger partial charge in [-0.2, -0.15) is 0 Å². The Morgan fingerprint density at radius 1 is 1.56 bits per heavy atom. The maximum Gasteiger partial charge on any atom is 0.178 e. The van der Waals surface area contributed by atoms with Crippen LogP contribution in [0.4, 0.5) is 0 Å². The fourth-order valence-electron chi connectivity index (χ4n) is 1.76. The van der Waals surface area contributed by atoms with E-state index in [4.69, 9.17) is 28.6 Å². The molecule has 0 bridgehead atoms. The van der Waals surface area contributed by atoms with Crippen LogP contribution in [0.1, 0.15) is 6.92 Å². The maximum atomic E-state index is 5.94. The van der Waals surface area contributed by atoms with Crippen LogP contribution in [0.15, 0.2) is 30.4 Å². The lowest BCUT2D eigenvalue weighted by atomic mass is 10.3. The first-order valence-electron chi connectivity index (χ1n) is 5.68. The number of aromatic amines is 1. The molecule has 0 spiro atoms. The van der Waals surface area contributed by atoms with Crippen molar-refractivity contribution < 1.29 is 4.74 Å². The highest BCUT2D eigenvalue weighted by atomic mass is 35.5. The summed E-state index contributed by atoms with van der Waals surface area (Å²) in [5, 5.41) is 0.699. The first-order valence-corrected chi connectivity index (χ1v) is 6.47. The average molecular weight is 283 g/mol. The maximum absolute atomic E-state index is 5.94. The number of fused-ring (bicyclic) bond motifs is 1. The molecule has 0 amide bonds. The minimum absolute atomic E-state index is 0.585. The van der Waals surface area contributed by atoms with Crippen LogP contribution in [-0.4, -0.2) is 22.8 Å². The molecule has 96 valence electrons. The minimum atomic E-state index is 0.585. The Morgan fingerprint density at radius 2 is 2.33 bits per heavy atom. The van der Waals surface area contributed by atoms with Crippen molar-refractivity contribution in [1.82, 2.24) is 9.55 Å². The number of nitrogens with zero attached hydrogens (tertiary/aromatic N) is 1. The number of rotatable bonds is 5. The Bertz CT molecular complexity index is 629. The Hall–Kier alpha value is -1.10. The van der Waals surface area contributed by atoms with Crippen LogP contribution in [0.2, 0.25) is 5.02 Å². The Balaban J connectivity index is 2.15. The number of aromatic nitrogens is 2. The molecule has 1 heterocycles. The lowest BCUT2D eigenvalue weighted by Gasteiger charge is -2.06. The fourth-order valence-corrected chi connectivity index (χ4v) is 2.23. The quantitative estimate of drug-likeness (QED) is 0.511. The van der Waals surface area contributed by atoms with Crippen LogP contribution in [-0.2, 0) is 11.3 Å². The summed E-state index contributed by atoms with van der Waals surface area (Å²) in [5.41, 5.74) is 3.01. The smallest absolute Gasteiger partial charge is 0.178 e. The van der Waals surface area contributed by atoms with Crippen molar-refractivity contribution in [3.63, 3.8) is 0 Å². The van der Waals surface area contributed by atoms with Gasteiger partial charge in [-0.25, -0.2) is 0 Å². The molecule has 1 aromatic carbocycles. The van der Waals surface area contributed by atoms with E-state index in [0.29, 0.717) is 29.6 Å². The molecule has 0 aliphatic rings. The molecule has 0 aliphatic carbocycles. The standard InChI is InChI=1S/C13H15ClN2OS/c1-9(2)8-17-6-5-16-12-4-3-10(14)7-11(12)15-13(16)18/h3-4,7H,1,5-6,8H2,2H3,(H,15,18). The van der Waals surface area contributed by atoms with Crippen LogP contribution in [0.3, 0.4) is 0 Å². The predicted molar refractivity (Wildman–Crippen MR) is 77.8 cm³/mol. The zero-order chi connectivity index (χ0) is 13.1. The Labute approximate surface area is 116 Å². The van der Waals surface area contributed by atoms with E-state index in [-0.39, 0.29) is 0 Å². The number of imidazole rings is 1. The first kappa shape index (κ1) is 13.3. The van der Waals surface area contributed by atoms with Crippen LogP contribution < -0.4 is 0 Å². The lowest BCUT2D eigenvalue weighted by molar-refractivity contribution is 0.148. The molecule has 0 fully saturated rings. The summed E-state index contributed by atoms with van der Waals surface area (Å²) in [6.45, 7) is 7.65. The summed E-state index contributed by atoms with van der Waals surface area (Å²) in [5.74, 6) is 0. The van der Waals surface area contributed by atoms with E-state index in [1.54, 1.807) is 0 Å². The molecule has 5 heteroatoms. The van der Waals surface area contributed by atoms with E-state index >= 15 is 0 Å². The van der Waals surface area contributed by atoms with Gasteiger partial charge in [0.25, 0.3) is 0 Å². The van der Waals surface area contributed by atoms with Gasteiger partial charge in [0.05, 0.1) is 24.2 Å². The molecule has 1 aromatic heterocycles. The van der Waals surface area contributed by atoms with E-state index < -0.39 is 0 Å². The predicted octanol–water partition coefficient (Wildman–Crippen LogP) is 3.94. The number of nitrogens with one attached hydrogen (secondary N) is 1. The van der Waals surface area contributed by atoms with Gasteiger partial charge in [0.2, 0.25) is 0 Å². The normalized spacial score (nSPS) is 11.0. The monoisotopic (exact) mass is 282 g/mol. The van der Waals surface area contributed by atoms with E-state index in [0.717, 1.165) is 16.6 Å². The van der Waals surface area contributed by atoms with Crippen molar-refractivity contribution in [2.45, 2.75) is 13.5 Å². The summed E-state index contributed by atoms with van der Waals surface area (Å²) in [6, 6.07) is 5.69. The number of hydrogen-bond donors (Lipinski definition) is 1. The summed E-state index contributed by atoms with van der Waals surface area (Å²) in [6.07, 6.45) is 0. The molecule has 0 aliphatic heterocycles. The van der Waals surface area contributed by atoms with Crippen molar-refractivity contribution >= 4 is 34.9 Å². The van der Waals surface area contributed by atoms with Gasteiger partial charge in [-0.3, -0.25) is 0 Å². The SMILES string of the molecule is C=C(C)COCCn1c(=S)[nH]c2cc(Cl)ccc21. The van der Waals surface area contributed by atoms with Gasteiger partial charge in [0.15, 0.2) is 4.77 Å².